The van der Waals surface area contributed by atoms with E-state index in [1.807, 2.05) is 30.3 Å². The summed E-state index contributed by atoms with van der Waals surface area (Å²) in [6.07, 6.45) is 1.69. The largest absolute Gasteiger partial charge is 0.290 e. The Morgan fingerprint density at radius 2 is 2.07 bits per heavy atom. The highest BCUT2D eigenvalue weighted by Crippen LogP contribution is 2.02. The topological polar surface area (TPSA) is 58.6 Å². The Bertz CT molecular complexity index is 408. The van der Waals surface area contributed by atoms with Gasteiger partial charge in [-0.05, 0) is 5.56 Å². The van der Waals surface area contributed by atoms with Crippen molar-refractivity contribution in [3.63, 3.8) is 0 Å². The van der Waals surface area contributed by atoms with Crippen molar-refractivity contribution in [1.29, 1.82) is 0 Å². The van der Waals surface area contributed by atoms with Crippen LogP contribution in [0.25, 0.3) is 0 Å². The molecule has 2 aromatic rings. The molecule has 0 unspecified atom stereocenters. The second-order valence-corrected chi connectivity index (χ2v) is 2.92. The molecule has 0 amide bonds. The smallest absolute Gasteiger partial charge is 0.203 e. The van der Waals surface area contributed by atoms with Gasteiger partial charge in [-0.2, -0.15) is 5.10 Å². The molecule has 4 nitrogen and oxygen atoms in total. The van der Waals surface area contributed by atoms with Gasteiger partial charge in [0.2, 0.25) is 5.78 Å². The van der Waals surface area contributed by atoms with E-state index in [4.69, 9.17) is 0 Å². The lowest BCUT2D eigenvalue weighted by Crippen LogP contribution is -2.05. The first-order valence-electron chi connectivity index (χ1n) is 4.29. The molecule has 0 fully saturated rings. The lowest BCUT2D eigenvalue weighted by atomic mass is 10.1. The third-order valence-corrected chi connectivity index (χ3v) is 1.89. The number of aromatic nitrogens is 3. The molecule has 14 heavy (non-hydrogen) atoms. The van der Waals surface area contributed by atoms with Gasteiger partial charge in [-0.1, -0.05) is 30.3 Å². The number of benzene rings is 1. The van der Waals surface area contributed by atoms with E-state index in [1.54, 1.807) is 0 Å². The Hall–Kier alpha value is -1.97. The Labute approximate surface area is 81.0 Å². The predicted molar refractivity (Wildman–Crippen MR) is 50.9 cm³/mol. The van der Waals surface area contributed by atoms with Gasteiger partial charge in [-0.25, -0.2) is 4.98 Å². The zero-order valence-electron chi connectivity index (χ0n) is 7.47. The van der Waals surface area contributed by atoms with Gasteiger partial charge in [0.1, 0.15) is 6.33 Å². The normalized spacial score (nSPS) is 10.0. The van der Waals surface area contributed by atoms with Crippen LogP contribution in [0.4, 0.5) is 0 Å². The molecule has 0 atom stereocenters. The average molecular weight is 187 g/mol. The fourth-order valence-corrected chi connectivity index (χ4v) is 1.20. The highest BCUT2D eigenvalue weighted by Gasteiger charge is 2.08. The van der Waals surface area contributed by atoms with E-state index >= 15 is 0 Å². The summed E-state index contributed by atoms with van der Waals surface area (Å²) in [6.45, 7) is 0. The van der Waals surface area contributed by atoms with Crippen LogP contribution in [0, 0.1) is 0 Å². The van der Waals surface area contributed by atoms with Gasteiger partial charge in [0, 0.05) is 6.42 Å². The van der Waals surface area contributed by atoms with E-state index in [1.165, 1.54) is 6.33 Å². The van der Waals surface area contributed by atoms with Crippen molar-refractivity contribution >= 4 is 5.78 Å². The molecule has 0 saturated carbocycles. The molecule has 2 rings (SSSR count). The highest BCUT2D eigenvalue weighted by atomic mass is 16.1. The predicted octanol–water partition coefficient (Wildman–Crippen LogP) is 1.23. The molecule has 1 aromatic heterocycles. The molecule has 0 bridgehead atoms. The maximum absolute atomic E-state index is 11.5. The van der Waals surface area contributed by atoms with E-state index in [0.717, 1.165) is 5.56 Å². The van der Waals surface area contributed by atoms with Crippen molar-refractivity contribution in [1.82, 2.24) is 15.2 Å². The molecular weight excluding hydrogens is 178 g/mol. The molecule has 0 saturated heterocycles. The zero-order valence-corrected chi connectivity index (χ0v) is 7.47. The zero-order chi connectivity index (χ0) is 9.80. The molecule has 0 radical (unpaired) electrons. The summed E-state index contributed by atoms with van der Waals surface area (Å²) in [5, 5.41) is 6.17. The summed E-state index contributed by atoms with van der Waals surface area (Å²) in [4.78, 5) is 15.3. The summed E-state index contributed by atoms with van der Waals surface area (Å²) >= 11 is 0. The van der Waals surface area contributed by atoms with Crippen LogP contribution in [-0.4, -0.2) is 21.0 Å². The van der Waals surface area contributed by atoms with Crippen molar-refractivity contribution in [3.05, 3.63) is 48.0 Å². The average Bonchev–Trinajstić information content (AvgIpc) is 2.72. The van der Waals surface area contributed by atoms with Gasteiger partial charge in [0.15, 0.2) is 5.82 Å². The van der Waals surface area contributed by atoms with Crippen molar-refractivity contribution in [2.24, 2.45) is 0 Å². The summed E-state index contributed by atoms with van der Waals surface area (Å²) in [5.41, 5.74) is 0.980. The van der Waals surface area contributed by atoms with Gasteiger partial charge in [-0.15, -0.1) is 0 Å². The van der Waals surface area contributed by atoms with Crippen LogP contribution in [0.3, 0.4) is 0 Å². The first-order valence-corrected chi connectivity index (χ1v) is 4.29. The molecule has 0 aliphatic carbocycles. The minimum atomic E-state index is -0.0475. The van der Waals surface area contributed by atoms with Crippen LogP contribution in [0.1, 0.15) is 16.2 Å². The second kappa shape index (κ2) is 3.83. The molecule has 0 aliphatic rings. The maximum Gasteiger partial charge on any atom is 0.203 e. The van der Waals surface area contributed by atoms with Crippen molar-refractivity contribution < 1.29 is 4.79 Å². The molecule has 1 aromatic carbocycles. The number of carbonyl (C=O) groups excluding carboxylic acids is 1. The molecule has 1 N–H and O–H groups in total. The number of hydrogen-bond acceptors (Lipinski definition) is 3. The highest BCUT2D eigenvalue weighted by molar-refractivity contribution is 5.93. The van der Waals surface area contributed by atoms with Gasteiger partial charge in [-0.3, -0.25) is 9.89 Å². The van der Waals surface area contributed by atoms with E-state index in [9.17, 15) is 4.79 Å². The molecule has 70 valence electrons. The summed E-state index contributed by atoms with van der Waals surface area (Å²) in [6, 6.07) is 9.55. The van der Waals surface area contributed by atoms with Gasteiger partial charge < -0.3 is 0 Å². The maximum atomic E-state index is 11.5. The lowest BCUT2D eigenvalue weighted by molar-refractivity contribution is 0.0983. The van der Waals surface area contributed by atoms with Crippen LogP contribution in [-0.2, 0) is 6.42 Å². The van der Waals surface area contributed by atoms with E-state index in [2.05, 4.69) is 15.2 Å². The third-order valence-electron chi connectivity index (χ3n) is 1.89. The number of ketones is 1. The van der Waals surface area contributed by atoms with Crippen LogP contribution < -0.4 is 0 Å². The summed E-state index contributed by atoms with van der Waals surface area (Å²) in [5.74, 6) is 0.266. The lowest BCUT2D eigenvalue weighted by Gasteiger charge is -1.96. The first kappa shape index (κ1) is 8.62. The molecule has 0 aliphatic heterocycles. The summed E-state index contributed by atoms with van der Waals surface area (Å²) < 4.78 is 0. The molecule has 1 heterocycles. The number of nitrogens with one attached hydrogen (secondary N) is 1. The number of rotatable bonds is 3. The second-order valence-electron chi connectivity index (χ2n) is 2.92. The van der Waals surface area contributed by atoms with Crippen LogP contribution in [0.2, 0.25) is 0 Å². The number of Topliss-reactive ketones (excluding diaryl/α,β-unsaturated/α-hetero) is 1. The first-order chi connectivity index (χ1) is 6.86. The number of hydrogen-bond donors (Lipinski definition) is 1. The minimum absolute atomic E-state index is 0.0475. The van der Waals surface area contributed by atoms with E-state index in [0.29, 0.717) is 12.2 Å². The molecular formula is C10H9N3O. The minimum Gasteiger partial charge on any atom is -0.290 e. The van der Waals surface area contributed by atoms with Gasteiger partial charge >= 0.3 is 0 Å². The fraction of sp³-hybridized carbons (Fsp3) is 0.100. The van der Waals surface area contributed by atoms with Crippen molar-refractivity contribution in [2.45, 2.75) is 6.42 Å². The Balaban J connectivity index is 2.10. The van der Waals surface area contributed by atoms with E-state index < -0.39 is 0 Å². The quantitative estimate of drug-likeness (QED) is 0.735. The van der Waals surface area contributed by atoms with Crippen LogP contribution >= 0.6 is 0 Å². The Morgan fingerprint density at radius 1 is 1.29 bits per heavy atom. The standard InChI is InChI=1S/C10H9N3O/c14-9(10-11-7-12-13-10)6-8-4-2-1-3-5-8/h1-5,7H,6H2,(H,11,12,13). The monoisotopic (exact) mass is 187 g/mol. The Morgan fingerprint density at radius 3 is 2.71 bits per heavy atom. The SMILES string of the molecule is O=C(Cc1ccccc1)c1ncn[nH]1. The van der Waals surface area contributed by atoms with Crippen molar-refractivity contribution in [3.8, 4) is 0 Å². The van der Waals surface area contributed by atoms with Crippen LogP contribution in [0.15, 0.2) is 36.7 Å². The molecule has 0 spiro atoms. The molecule has 4 heteroatoms. The number of aromatic amines is 1. The number of carbonyl (C=O) groups is 1. The summed E-state index contributed by atoms with van der Waals surface area (Å²) in [7, 11) is 0. The van der Waals surface area contributed by atoms with Crippen LogP contribution in [0.5, 0.6) is 0 Å². The fourth-order valence-electron chi connectivity index (χ4n) is 1.20. The third kappa shape index (κ3) is 1.85. The van der Waals surface area contributed by atoms with E-state index in [-0.39, 0.29) is 5.78 Å². The van der Waals surface area contributed by atoms with Gasteiger partial charge in [0.25, 0.3) is 0 Å². The van der Waals surface area contributed by atoms with Crippen molar-refractivity contribution in [2.75, 3.05) is 0 Å². The Kier molecular flexibility index (Phi) is 2.36. The van der Waals surface area contributed by atoms with Gasteiger partial charge in [0.05, 0.1) is 0 Å². The number of nitrogens with zero attached hydrogens (tertiary/aromatic N) is 2. The number of H-pyrrole nitrogens is 1.